The molecule has 0 fully saturated rings. The van der Waals surface area contributed by atoms with E-state index in [9.17, 15) is 9.90 Å². The van der Waals surface area contributed by atoms with Gasteiger partial charge in [0.25, 0.3) is 0 Å². The fourth-order valence-electron chi connectivity index (χ4n) is 2.46. The third kappa shape index (κ3) is 2.33. The van der Waals surface area contributed by atoms with Crippen LogP contribution >= 0.6 is 0 Å². The van der Waals surface area contributed by atoms with E-state index in [0.717, 1.165) is 16.5 Å². The van der Waals surface area contributed by atoms with Crippen molar-refractivity contribution in [1.82, 2.24) is 9.55 Å². The summed E-state index contributed by atoms with van der Waals surface area (Å²) in [4.78, 5) is 15.4. The average molecular weight is 282 g/mol. The average Bonchev–Trinajstić information content (AvgIpc) is 2.91. The number of carboxylic acid groups (broad SMARTS) is 1. The van der Waals surface area contributed by atoms with Gasteiger partial charge in [-0.25, -0.2) is 9.78 Å². The van der Waals surface area contributed by atoms with Gasteiger partial charge in [-0.15, -0.1) is 0 Å². The van der Waals surface area contributed by atoms with Gasteiger partial charge in [0, 0.05) is 28.9 Å². The van der Waals surface area contributed by atoms with E-state index in [0.29, 0.717) is 18.0 Å². The van der Waals surface area contributed by atoms with Crippen molar-refractivity contribution in [1.29, 1.82) is 0 Å². The van der Waals surface area contributed by atoms with Crippen LogP contribution < -0.4 is 4.74 Å². The highest BCUT2D eigenvalue weighted by atomic mass is 16.5. The van der Waals surface area contributed by atoms with Crippen molar-refractivity contribution in [2.24, 2.45) is 0 Å². The molecule has 0 unspecified atom stereocenters. The minimum Gasteiger partial charge on any atom is -0.481 e. The molecule has 106 valence electrons. The van der Waals surface area contributed by atoms with Crippen LogP contribution in [0.1, 0.15) is 15.9 Å². The standard InChI is InChI=1S/C16H14N2O3/c1-21-15-11(4-3-8-17-15)10-18-9-7-12-13(16(19)20)5-2-6-14(12)18/h2-9H,10H2,1H3,(H,19,20). The van der Waals surface area contributed by atoms with Gasteiger partial charge in [-0.1, -0.05) is 12.1 Å². The Bertz CT molecular complexity index is 808. The molecule has 1 aromatic carbocycles. The molecule has 5 nitrogen and oxygen atoms in total. The molecule has 0 spiro atoms. The molecule has 0 atom stereocenters. The Morgan fingerprint density at radius 2 is 2.14 bits per heavy atom. The minimum atomic E-state index is -0.919. The van der Waals surface area contributed by atoms with Crippen molar-refractivity contribution in [2.75, 3.05) is 7.11 Å². The molecule has 2 heterocycles. The summed E-state index contributed by atoms with van der Waals surface area (Å²) in [6, 6.07) is 10.9. The number of rotatable bonds is 4. The summed E-state index contributed by atoms with van der Waals surface area (Å²) in [5.41, 5.74) is 2.13. The summed E-state index contributed by atoms with van der Waals surface area (Å²) in [7, 11) is 1.59. The zero-order valence-electron chi connectivity index (χ0n) is 11.5. The topological polar surface area (TPSA) is 64.4 Å². The van der Waals surface area contributed by atoms with Crippen molar-refractivity contribution < 1.29 is 14.6 Å². The largest absolute Gasteiger partial charge is 0.481 e. The second-order valence-corrected chi connectivity index (χ2v) is 4.66. The van der Waals surface area contributed by atoms with Gasteiger partial charge in [-0.2, -0.15) is 0 Å². The Kier molecular flexibility index (Phi) is 3.31. The lowest BCUT2D eigenvalue weighted by molar-refractivity contribution is 0.0699. The summed E-state index contributed by atoms with van der Waals surface area (Å²) in [5.74, 6) is -0.342. The second kappa shape index (κ2) is 5.28. The van der Waals surface area contributed by atoms with Crippen LogP contribution in [0.5, 0.6) is 5.88 Å². The number of pyridine rings is 1. The Morgan fingerprint density at radius 1 is 1.29 bits per heavy atom. The molecule has 0 radical (unpaired) electrons. The Morgan fingerprint density at radius 3 is 2.90 bits per heavy atom. The third-order valence-corrected chi connectivity index (χ3v) is 3.43. The summed E-state index contributed by atoms with van der Waals surface area (Å²) in [5, 5.41) is 9.95. The highest BCUT2D eigenvalue weighted by Crippen LogP contribution is 2.23. The molecule has 2 aromatic heterocycles. The van der Waals surface area contributed by atoms with Crippen LogP contribution in [-0.2, 0) is 6.54 Å². The zero-order chi connectivity index (χ0) is 14.8. The number of hydrogen-bond donors (Lipinski definition) is 1. The van der Waals surface area contributed by atoms with E-state index in [1.807, 2.05) is 35.0 Å². The van der Waals surface area contributed by atoms with Crippen molar-refractivity contribution in [3.63, 3.8) is 0 Å². The first-order chi connectivity index (χ1) is 10.2. The Balaban J connectivity index is 2.06. The summed E-state index contributed by atoms with van der Waals surface area (Å²) < 4.78 is 7.24. The molecular formula is C16H14N2O3. The molecule has 3 rings (SSSR count). The van der Waals surface area contributed by atoms with Crippen LogP contribution in [0.3, 0.4) is 0 Å². The van der Waals surface area contributed by atoms with Gasteiger partial charge in [0.2, 0.25) is 5.88 Å². The molecule has 3 aromatic rings. The van der Waals surface area contributed by atoms with Crippen molar-refractivity contribution in [3.8, 4) is 5.88 Å². The van der Waals surface area contributed by atoms with Gasteiger partial charge in [-0.05, 0) is 24.3 Å². The Labute approximate surface area is 121 Å². The number of hydrogen-bond acceptors (Lipinski definition) is 3. The number of benzene rings is 1. The SMILES string of the molecule is COc1ncccc1Cn1ccc2c(C(=O)O)cccc21. The van der Waals surface area contributed by atoms with Gasteiger partial charge in [-0.3, -0.25) is 0 Å². The second-order valence-electron chi connectivity index (χ2n) is 4.66. The Hall–Kier alpha value is -2.82. The number of methoxy groups -OCH3 is 1. The van der Waals surface area contributed by atoms with E-state index in [-0.39, 0.29) is 0 Å². The maximum Gasteiger partial charge on any atom is 0.336 e. The normalized spacial score (nSPS) is 10.7. The zero-order valence-corrected chi connectivity index (χ0v) is 11.5. The van der Waals surface area contributed by atoms with E-state index >= 15 is 0 Å². The number of carbonyl (C=O) groups is 1. The van der Waals surface area contributed by atoms with E-state index in [1.54, 1.807) is 25.4 Å². The summed E-state index contributed by atoms with van der Waals surface area (Å²) >= 11 is 0. The number of ether oxygens (including phenoxy) is 1. The van der Waals surface area contributed by atoms with E-state index in [4.69, 9.17) is 4.74 Å². The molecule has 0 saturated heterocycles. The molecule has 0 aliphatic carbocycles. The van der Waals surface area contributed by atoms with Crippen molar-refractivity contribution >= 4 is 16.9 Å². The number of fused-ring (bicyclic) bond motifs is 1. The third-order valence-electron chi connectivity index (χ3n) is 3.43. The van der Waals surface area contributed by atoms with Crippen molar-refractivity contribution in [3.05, 3.63) is 59.9 Å². The lowest BCUT2D eigenvalue weighted by Crippen LogP contribution is -2.02. The lowest BCUT2D eigenvalue weighted by Gasteiger charge is -2.09. The van der Waals surface area contributed by atoms with Crippen LogP contribution in [0.4, 0.5) is 0 Å². The monoisotopic (exact) mass is 282 g/mol. The highest BCUT2D eigenvalue weighted by molar-refractivity contribution is 6.02. The quantitative estimate of drug-likeness (QED) is 0.799. The molecule has 0 aliphatic rings. The van der Waals surface area contributed by atoms with E-state index < -0.39 is 5.97 Å². The number of aromatic carboxylic acids is 1. The van der Waals surface area contributed by atoms with Gasteiger partial charge >= 0.3 is 5.97 Å². The minimum absolute atomic E-state index is 0.310. The van der Waals surface area contributed by atoms with Gasteiger partial charge < -0.3 is 14.4 Å². The fourth-order valence-corrected chi connectivity index (χ4v) is 2.46. The molecule has 0 aliphatic heterocycles. The van der Waals surface area contributed by atoms with Crippen LogP contribution in [0.25, 0.3) is 10.9 Å². The molecule has 1 N–H and O–H groups in total. The fraction of sp³-hybridized carbons (Fsp3) is 0.125. The highest BCUT2D eigenvalue weighted by Gasteiger charge is 2.12. The molecular weight excluding hydrogens is 268 g/mol. The molecule has 21 heavy (non-hydrogen) atoms. The van der Waals surface area contributed by atoms with E-state index in [1.165, 1.54) is 0 Å². The number of carboxylic acids is 1. The first-order valence-corrected chi connectivity index (χ1v) is 6.49. The summed E-state index contributed by atoms with van der Waals surface area (Å²) in [6.45, 7) is 0.573. The lowest BCUT2D eigenvalue weighted by atomic mass is 10.1. The van der Waals surface area contributed by atoms with E-state index in [2.05, 4.69) is 4.98 Å². The molecule has 5 heteroatoms. The van der Waals surface area contributed by atoms with Crippen molar-refractivity contribution in [2.45, 2.75) is 6.54 Å². The van der Waals surface area contributed by atoms with Crippen LogP contribution in [-0.4, -0.2) is 27.7 Å². The molecule has 0 saturated carbocycles. The predicted molar refractivity (Wildman–Crippen MR) is 78.8 cm³/mol. The van der Waals surface area contributed by atoms with Crippen LogP contribution in [0, 0.1) is 0 Å². The van der Waals surface area contributed by atoms with Gasteiger partial charge in [0.05, 0.1) is 19.2 Å². The maximum absolute atomic E-state index is 11.2. The van der Waals surface area contributed by atoms with Gasteiger partial charge in [0.15, 0.2) is 0 Å². The number of aromatic nitrogens is 2. The first-order valence-electron chi connectivity index (χ1n) is 6.49. The first kappa shape index (κ1) is 13.2. The van der Waals surface area contributed by atoms with Crippen LogP contribution in [0.2, 0.25) is 0 Å². The maximum atomic E-state index is 11.2. The van der Waals surface area contributed by atoms with Crippen LogP contribution in [0.15, 0.2) is 48.8 Å². The summed E-state index contributed by atoms with van der Waals surface area (Å²) in [6.07, 6.45) is 3.56. The van der Waals surface area contributed by atoms with Gasteiger partial charge in [0.1, 0.15) is 0 Å². The molecule has 0 bridgehead atoms. The smallest absolute Gasteiger partial charge is 0.336 e. The molecule has 0 amide bonds. The predicted octanol–water partition coefficient (Wildman–Crippen LogP) is 2.79. The number of nitrogens with zero attached hydrogens (tertiary/aromatic N) is 2.